The van der Waals surface area contributed by atoms with Crippen LogP contribution in [0.1, 0.15) is 50.6 Å². The van der Waals surface area contributed by atoms with Crippen LogP contribution in [0.5, 0.6) is 0 Å². The number of aromatic amines is 2. The van der Waals surface area contributed by atoms with Crippen LogP contribution in [-0.2, 0) is 37.3 Å². The number of H-pyrrole nitrogens is 2. The topological polar surface area (TPSA) is 163 Å². The SMILES string of the molecule is C=C(O)[C@@H](Cc1nc2ccccc2[nH]1)CS(=O)(=O)c1ccc(C#Cc2ccc(C)cc2)s1.CC(=O)[C@H](Cc1nc2ccccc2[nH]1)CS(=O)(=O)c1ccc(C#Cc2ccc(C)cc2)s1. The number of aliphatic hydroxyl groups excluding tert-OH is 1. The van der Waals surface area contributed by atoms with Crippen LogP contribution in [0.15, 0.2) is 142 Å². The highest BCUT2D eigenvalue weighted by molar-refractivity contribution is 7.93. The second-order valence-electron chi connectivity index (χ2n) is 15.3. The lowest BCUT2D eigenvalue weighted by Crippen LogP contribution is -2.24. The molecule has 0 aliphatic rings. The molecule has 0 spiro atoms. The van der Waals surface area contributed by atoms with E-state index in [1.807, 2.05) is 111 Å². The molecule has 0 amide bonds. The van der Waals surface area contributed by atoms with Gasteiger partial charge < -0.3 is 15.1 Å². The molecule has 2 atom stereocenters. The van der Waals surface area contributed by atoms with Crippen molar-refractivity contribution in [2.45, 2.75) is 42.0 Å². The number of Topliss-reactive ketones (excluding diaryl/α,β-unsaturated/α-hetero) is 1. The van der Waals surface area contributed by atoms with Crippen LogP contribution >= 0.6 is 22.7 Å². The van der Waals surface area contributed by atoms with Gasteiger partial charge in [-0.25, -0.2) is 26.8 Å². The number of benzene rings is 4. The summed E-state index contributed by atoms with van der Waals surface area (Å²) in [6, 6.07) is 37.3. The highest BCUT2D eigenvalue weighted by Gasteiger charge is 2.28. The number of para-hydroxylation sites is 4. The number of hydrogen-bond acceptors (Lipinski definition) is 10. The fourth-order valence-electron chi connectivity index (χ4n) is 6.61. The number of rotatable bonds is 12. The van der Waals surface area contributed by atoms with Gasteiger partial charge in [-0.3, -0.25) is 4.79 Å². The lowest BCUT2D eigenvalue weighted by Gasteiger charge is -2.14. The third-order valence-corrected chi connectivity index (χ3v) is 17.0. The van der Waals surface area contributed by atoms with Gasteiger partial charge in [-0.2, -0.15) is 0 Å². The molecule has 0 radical (unpaired) electrons. The van der Waals surface area contributed by atoms with Crippen LogP contribution in [0.25, 0.3) is 22.1 Å². The number of aromatic nitrogens is 4. The van der Waals surface area contributed by atoms with E-state index in [9.17, 15) is 26.7 Å². The van der Waals surface area contributed by atoms with E-state index in [1.165, 1.54) is 6.92 Å². The number of sulfone groups is 2. The maximum atomic E-state index is 13.0. The van der Waals surface area contributed by atoms with Gasteiger partial charge in [0.25, 0.3) is 0 Å². The van der Waals surface area contributed by atoms with Crippen molar-refractivity contribution in [2.75, 3.05) is 11.5 Å². The Labute approximate surface area is 381 Å². The van der Waals surface area contributed by atoms with Crippen LogP contribution in [0.2, 0.25) is 0 Å². The normalized spacial score (nSPS) is 12.3. The number of carbonyl (C=O) groups is 1. The summed E-state index contributed by atoms with van der Waals surface area (Å²) in [5.41, 5.74) is 7.37. The number of ketones is 1. The number of aliphatic hydroxyl groups is 1. The second-order valence-corrected chi connectivity index (χ2v) is 22.0. The molecule has 324 valence electrons. The minimum Gasteiger partial charge on any atom is -0.513 e. The zero-order valence-electron chi connectivity index (χ0n) is 35.3. The lowest BCUT2D eigenvalue weighted by atomic mass is 10.0. The average Bonchev–Trinajstić information content (AvgIpc) is 4.09. The van der Waals surface area contributed by atoms with Crippen LogP contribution in [0.3, 0.4) is 0 Å². The van der Waals surface area contributed by atoms with E-state index in [2.05, 4.69) is 50.2 Å². The van der Waals surface area contributed by atoms with Crippen LogP contribution in [0, 0.1) is 49.4 Å². The first-order valence-corrected chi connectivity index (χ1v) is 25.1. The van der Waals surface area contributed by atoms with Crippen molar-refractivity contribution in [1.82, 2.24) is 19.9 Å². The maximum absolute atomic E-state index is 13.0. The maximum Gasteiger partial charge on any atom is 0.188 e. The molecule has 0 bridgehead atoms. The summed E-state index contributed by atoms with van der Waals surface area (Å²) in [7, 11) is -7.27. The van der Waals surface area contributed by atoms with Crippen LogP contribution < -0.4 is 0 Å². The Bertz CT molecular complexity index is 3030. The molecule has 8 rings (SSSR count). The molecule has 64 heavy (non-hydrogen) atoms. The highest BCUT2D eigenvalue weighted by Crippen LogP contribution is 2.28. The van der Waals surface area contributed by atoms with Gasteiger partial charge in [0.1, 0.15) is 25.9 Å². The Hall–Kier alpha value is -6.55. The molecule has 14 heteroatoms. The number of fused-ring (bicyclic) bond motifs is 2. The van der Waals surface area contributed by atoms with E-state index < -0.39 is 31.5 Å². The molecular formula is C50H44N4O6S4. The number of allylic oxidation sites excluding steroid dienone is 1. The first kappa shape index (κ1) is 45.5. The van der Waals surface area contributed by atoms with Gasteiger partial charge in [0, 0.05) is 35.8 Å². The summed E-state index contributed by atoms with van der Waals surface area (Å²) in [5, 5.41) is 10.1. The number of thiophene rings is 2. The minimum atomic E-state index is -3.63. The Morgan fingerprint density at radius 2 is 1.02 bits per heavy atom. The smallest absolute Gasteiger partial charge is 0.188 e. The molecule has 0 saturated heterocycles. The zero-order chi connectivity index (χ0) is 45.4. The van der Waals surface area contributed by atoms with Gasteiger partial charge in [-0.1, -0.05) is 89.9 Å². The van der Waals surface area contributed by atoms with Crippen molar-refractivity contribution in [1.29, 1.82) is 0 Å². The third kappa shape index (κ3) is 11.9. The van der Waals surface area contributed by atoms with E-state index in [0.29, 0.717) is 21.4 Å². The Balaban J connectivity index is 0.000000191. The second kappa shape index (κ2) is 19.9. The summed E-state index contributed by atoms with van der Waals surface area (Å²) < 4.78 is 52.5. The fourth-order valence-corrected chi connectivity index (χ4v) is 12.4. The van der Waals surface area contributed by atoms with E-state index >= 15 is 0 Å². The molecular weight excluding hydrogens is 881 g/mol. The molecule has 8 aromatic rings. The predicted molar refractivity (Wildman–Crippen MR) is 256 cm³/mol. The number of aryl methyl sites for hydroxylation is 2. The van der Waals surface area contributed by atoms with E-state index in [1.54, 1.807) is 24.3 Å². The van der Waals surface area contributed by atoms with Gasteiger partial charge in [-0.05, 0) is 93.6 Å². The average molecular weight is 925 g/mol. The monoisotopic (exact) mass is 924 g/mol. The highest BCUT2D eigenvalue weighted by atomic mass is 32.2. The van der Waals surface area contributed by atoms with Crippen LogP contribution in [-0.4, -0.2) is 59.2 Å². The van der Waals surface area contributed by atoms with Crippen molar-refractivity contribution in [3.63, 3.8) is 0 Å². The lowest BCUT2D eigenvalue weighted by molar-refractivity contribution is -0.120. The fraction of sp³-hybridized carbons (Fsp3) is 0.180. The first-order chi connectivity index (χ1) is 30.6. The summed E-state index contributed by atoms with van der Waals surface area (Å²) in [5.74, 6) is 11.2. The first-order valence-electron chi connectivity index (χ1n) is 20.2. The van der Waals surface area contributed by atoms with E-state index in [4.69, 9.17) is 0 Å². The standard InChI is InChI=1S/2C25H22N2O3S2/c2*1-17-7-9-19(10-8-17)11-12-21-13-14-25(31-21)32(29,30)16-20(18(2)28)15-24-26-22-5-3-4-6-23(22)27-24/h3-10,13-14,20H,15-16H2,1-2H3,(H,26,27);3-10,13-14,20,28H,2,15-16H2,1H3,(H,26,27)/t2*20-/m10/s1. The molecule has 4 aromatic carbocycles. The largest absolute Gasteiger partial charge is 0.513 e. The van der Waals surface area contributed by atoms with Crippen molar-refractivity contribution in [3.05, 3.63) is 177 Å². The Morgan fingerprint density at radius 1 is 0.609 bits per heavy atom. The van der Waals surface area contributed by atoms with Gasteiger partial charge in [0.15, 0.2) is 19.7 Å². The van der Waals surface area contributed by atoms with Crippen molar-refractivity contribution in [3.8, 4) is 23.7 Å². The summed E-state index contributed by atoms with van der Waals surface area (Å²) in [6.07, 6.45) is 0.489. The van der Waals surface area contributed by atoms with E-state index in [-0.39, 0.29) is 44.3 Å². The molecule has 0 aliphatic heterocycles. The zero-order valence-corrected chi connectivity index (χ0v) is 38.5. The van der Waals surface area contributed by atoms with Gasteiger partial charge in [-0.15, -0.1) is 22.7 Å². The van der Waals surface area contributed by atoms with Crippen molar-refractivity contribution in [2.24, 2.45) is 11.8 Å². The number of hydrogen-bond donors (Lipinski definition) is 3. The number of imidazole rings is 2. The van der Waals surface area contributed by atoms with Crippen molar-refractivity contribution >= 4 is 70.2 Å². The van der Waals surface area contributed by atoms with Gasteiger partial charge in [0.2, 0.25) is 0 Å². The molecule has 10 nitrogen and oxygen atoms in total. The quantitative estimate of drug-likeness (QED) is 0.0806. The molecule has 4 heterocycles. The summed E-state index contributed by atoms with van der Waals surface area (Å²) in [6.45, 7) is 9.03. The van der Waals surface area contributed by atoms with Crippen molar-refractivity contribution < 1.29 is 26.7 Å². The third-order valence-electron chi connectivity index (χ3n) is 10.2. The molecule has 0 fully saturated rings. The predicted octanol–water partition coefficient (Wildman–Crippen LogP) is 9.59. The molecule has 0 aliphatic carbocycles. The molecule has 3 N–H and O–H groups in total. The molecule has 4 aromatic heterocycles. The number of nitrogens with one attached hydrogen (secondary N) is 2. The number of carbonyl (C=O) groups excluding carboxylic acids is 1. The number of nitrogens with zero attached hydrogens (tertiary/aromatic N) is 2. The Morgan fingerprint density at radius 3 is 1.42 bits per heavy atom. The Kier molecular flexibility index (Phi) is 14.1. The molecule has 0 saturated carbocycles. The molecule has 0 unspecified atom stereocenters. The summed E-state index contributed by atoms with van der Waals surface area (Å²) >= 11 is 2.26. The van der Waals surface area contributed by atoms with Crippen LogP contribution in [0.4, 0.5) is 0 Å². The van der Waals surface area contributed by atoms with Gasteiger partial charge >= 0.3 is 0 Å². The summed E-state index contributed by atoms with van der Waals surface area (Å²) in [4.78, 5) is 28.9. The van der Waals surface area contributed by atoms with E-state index in [0.717, 1.165) is 67.0 Å². The van der Waals surface area contributed by atoms with Gasteiger partial charge in [0.05, 0.1) is 49.1 Å². The minimum absolute atomic E-state index is 0.176.